The zero-order chi connectivity index (χ0) is 26.2. The third-order valence-corrected chi connectivity index (χ3v) is 8.05. The number of nitrogens with zero attached hydrogens (tertiary/aromatic N) is 3. The number of hydrogen-bond acceptors (Lipinski definition) is 3. The van der Waals surface area contributed by atoms with E-state index < -0.39 is 23.6 Å². The minimum atomic E-state index is -4.85. The largest absolute Gasteiger partial charge is 0.419 e. The summed E-state index contributed by atoms with van der Waals surface area (Å²) in [5.41, 5.74) is 0.345. The number of hydrogen-bond donors (Lipinski definition) is 1. The first-order chi connectivity index (χ1) is 17.7. The zero-order valence-electron chi connectivity index (χ0n) is 20.3. The first-order valence-electron chi connectivity index (χ1n) is 12.5. The fraction of sp³-hybridized carbons (Fsp3) is 0.429. The maximum absolute atomic E-state index is 13.7. The highest BCUT2D eigenvalue weighted by Gasteiger charge is 2.58. The topological polar surface area (TPSA) is 59.4 Å². The molecule has 2 saturated carbocycles. The van der Waals surface area contributed by atoms with Crippen molar-refractivity contribution in [1.82, 2.24) is 9.80 Å². The number of benzene rings is 2. The average molecular weight is 513 g/mol. The van der Waals surface area contributed by atoms with E-state index in [1.54, 1.807) is 11.0 Å². The highest BCUT2D eigenvalue weighted by atomic mass is 19.4. The van der Waals surface area contributed by atoms with Crippen molar-refractivity contribution in [2.45, 2.75) is 43.3 Å². The smallest absolute Gasteiger partial charge is 0.320 e. The second kappa shape index (κ2) is 9.82. The number of anilines is 1. The Kier molecular flexibility index (Phi) is 6.71. The van der Waals surface area contributed by atoms with Gasteiger partial charge in [0.05, 0.1) is 17.2 Å². The van der Waals surface area contributed by atoms with Gasteiger partial charge in [-0.2, -0.15) is 18.4 Å². The summed E-state index contributed by atoms with van der Waals surface area (Å²) in [7, 11) is 0. The minimum Gasteiger partial charge on any atom is -0.320 e. The maximum atomic E-state index is 13.7. The van der Waals surface area contributed by atoms with Crippen molar-refractivity contribution < 1.29 is 22.4 Å². The van der Waals surface area contributed by atoms with Gasteiger partial charge in [-0.05, 0) is 72.9 Å². The number of halogens is 4. The molecule has 0 aromatic heterocycles. The molecular formula is C28H28F4N4O. The Morgan fingerprint density at radius 1 is 1.19 bits per heavy atom. The summed E-state index contributed by atoms with van der Waals surface area (Å²) in [5.74, 6) is -0.992. The van der Waals surface area contributed by atoms with Gasteiger partial charge < -0.3 is 10.2 Å². The van der Waals surface area contributed by atoms with E-state index in [9.17, 15) is 27.6 Å². The van der Waals surface area contributed by atoms with E-state index in [0.717, 1.165) is 50.9 Å². The Morgan fingerprint density at radius 3 is 2.68 bits per heavy atom. The normalized spacial score (nSPS) is 24.8. The Morgan fingerprint density at radius 2 is 1.97 bits per heavy atom. The molecule has 0 bridgehead atoms. The van der Waals surface area contributed by atoms with Crippen LogP contribution in [0.5, 0.6) is 0 Å². The van der Waals surface area contributed by atoms with Crippen molar-refractivity contribution in [3.05, 3.63) is 77.1 Å². The molecule has 3 atom stereocenters. The van der Waals surface area contributed by atoms with E-state index in [1.165, 1.54) is 5.56 Å². The summed E-state index contributed by atoms with van der Waals surface area (Å²) in [5, 5.41) is 11.9. The number of carbonyl (C=O) groups is 1. The maximum Gasteiger partial charge on any atom is 0.419 e. The highest BCUT2D eigenvalue weighted by molar-refractivity contribution is 5.89. The third-order valence-electron chi connectivity index (χ3n) is 8.05. The second-order valence-electron chi connectivity index (χ2n) is 10.2. The molecule has 2 aromatic rings. The number of fused-ring (bicyclic) bond motifs is 1. The number of nitrogens with one attached hydrogen (secondary N) is 1. The highest BCUT2D eigenvalue weighted by Crippen LogP contribution is 2.62. The Hall–Kier alpha value is -3.38. The van der Waals surface area contributed by atoms with Crippen molar-refractivity contribution in [1.29, 1.82) is 5.26 Å². The molecule has 2 amide bonds. The average Bonchev–Trinajstić information content (AvgIpc) is 3.39. The lowest BCUT2D eigenvalue weighted by molar-refractivity contribution is -0.139. The molecule has 0 spiro atoms. The lowest BCUT2D eigenvalue weighted by Crippen LogP contribution is -2.48. The molecule has 0 radical (unpaired) electrons. The van der Waals surface area contributed by atoms with Crippen LogP contribution in [-0.4, -0.2) is 48.1 Å². The summed E-state index contributed by atoms with van der Waals surface area (Å²) in [6, 6.07) is 11.9. The predicted molar refractivity (Wildman–Crippen MR) is 131 cm³/mol. The van der Waals surface area contributed by atoms with Gasteiger partial charge in [-0.3, -0.25) is 4.90 Å². The Balaban J connectivity index is 1.31. The van der Waals surface area contributed by atoms with Gasteiger partial charge in [0.15, 0.2) is 0 Å². The molecule has 1 unspecified atom stereocenters. The second-order valence-corrected chi connectivity index (χ2v) is 10.2. The van der Waals surface area contributed by atoms with E-state index in [2.05, 4.69) is 34.5 Å². The first kappa shape index (κ1) is 25.3. The van der Waals surface area contributed by atoms with Gasteiger partial charge in [-0.1, -0.05) is 24.3 Å². The number of urea groups is 1. The number of carbonyl (C=O) groups excluding carboxylic acids is 1. The molecule has 1 heterocycles. The Bertz CT molecular complexity index is 1250. The fourth-order valence-corrected chi connectivity index (χ4v) is 5.96. The van der Waals surface area contributed by atoms with Crippen LogP contribution in [0.15, 0.2) is 54.6 Å². The molecule has 5 rings (SSSR count). The van der Waals surface area contributed by atoms with Gasteiger partial charge in [0.25, 0.3) is 0 Å². The van der Waals surface area contributed by atoms with Crippen molar-refractivity contribution in [3.63, 3.8) is 0 Å². The number of amides is 2. The van der Waals surface area contributed by atoms with E-state index in [0.29, 0.717) is 30.6 Å². The van der Waals surface area contributed by atoms with Crippen LogP contribution in [-0.2, 0) is 11.6 Å². The van der Waals surface area contributed by atoms with Crippen LogP contribution < -0.4 is 5.32 Å². The van der Waals surface area contributed by atoms with E-state index >= 15 is 0 Å². The molecule has 2 aliphatic carbocycles. The van der Waals surface area contributed by atoms with Gasteiger partial charge in [0, 0.05) is 37.9 Å². The van der Waals surface area contributed by atoms with E-state index in [-0.39, 0.29) is 17.1 Å². The van der Waals surface area contributed by atoms with Crippen molar-refractivity contribution >= 4 is 11.7 Å². The summed E-state index contributed by atoms with van der Waals surface area (Å²) in [6.45, 7) is 2.69. The quantitative estimate of drug-likeness (QED) is 0.386. The standard InChI is InChI=1S/C28H28F4N4O/c29-25-7-6-22(16-24(25)28(30,31)32)34-26(37)36(13-12-35-10-1-2-11-35)23-8-9-27(17-21(27)15-23)20-5-3-4-19(14-20)18-33/h1-7,14,16,21,23H,8-13,15,17H2,(H,34,37)/t21?,23-,27-/m1/s1. The van der Waals surface area contributed by atoms with Gasteiger partial charge in [0.1, 0.15) is 5.82 Å². The molecule has 0 saturated heterocycles. The van der Waals surface area contributed by atoms with Crippen molar-refractivity contribution in [2.75, 3.05) is 31.5 Å². The number of rotatable bonds is 6. The number of alkyl halides is 3. The molecule has 194 valence electrons. The molecule has 37 heavy (non-hydrogen) atoms. The van der Waals surface area contributed by atoms with Crippen LogP contribution in [0.4, 0.5) is 28.0 Å². The SMILES string of the molecule is N#Cc1cccc([C@]23CC[C@@H](N(CCN4CC=CC4)C(=O)Nc4ccc(F)c(C(F)(F)F)c4)CC2C3)c1. The monoisotopic (exact) mass is 512 g/mol. The van der Waals surface area contributed by atoms with Crippen LogP contribution in [0.2, 0.25) is 0 Å². The lowest BCUT2D eigenvalue weighted by atomic mass is 9.80. The molecule has 1 N–H and O–H groups in total. The zero-order valence-corrected chi connectivity index (χ0v) is 20.3. The summed E-state index contributed by atoms with van der Waals surface area (Å²) in [6.07, 6.45) is 2.70. The molecule has 3 aliphatic rings. The van der Waals surface area contributed by atoms with Crippen molar-refractivity contribution in [2.24, 2.45) is 5.92 Å². The molecule has 2 fully saturated rings. The van der Waals surface area contributed by atoms with E-state index in [1.807, 2.05) is 12.1 Å². The molecule has 2 aromatic carbocycles. The molecule has 5 nitrogen and oxygen atoms in total. The summed E-state index contributed by atoms with van der Waals surface area (Å²) < 4.78 is 53.3. The predicted octanol–water partition coefficient (Wildman–Crippen LogP) is 5.93. The fourth-order valence-electron chi connectivity index (χ4n) is 5.96. The van der Waals surface area contributed by atoms with Crippen LogP contribution in [0.1, 0.15) is 42.4 Å². The summed E-state index contributed by atoms with van der Waals surface area (Å²) in [4.78, 5) is 17.3. The van der Waals surface area contributed by atoms with Crippen LogP contribution in [0.25, 0.3) is 0 Å². The van der Waals surface area contributed by atoms with Gasteiger partial charge in [0.2, 0.25) is 0 Å². The van der Waals surface area contributed by atoms with E-state index in [4.69, 9.17) is 0 Å². The lowest BCUT2D eigenvalue weighted by Gasteiger charge is -2.37. The summed E-state index contributed by atoms with van der Waals surface area (Å²) >= 11 is 0. The molecular weight excluding hydrogens is 484 g/mol. The van der Waals surface area contributed by atoms with Gasteiger partial charge in [-0.15, -0.1) is 0 Å². The van der Waals surface area contributed by atoms with Gasteiger partial charge in [-0.25, -0.2) is 9.18 Å². The molecule has 9 heteroatoms. The Labute approximate surface area is 213 Å². The van der Waals surface area contributed by atoms with Gasteiger partial charge >= 0.3 is 12.2 Å². The third kappa shape index (κ3) is 5.21. The van der Waals surface area contributed by atoms with Crippen molar-refractivity contribution in [3.8, 4) is 6.07 Å². The number of nitriles is 1. The first-order valence-corrected chi connectivity index (χ1v) is 12.5. The van der Waals surface area contributed by atoms with Crippen LogP contribution >= 0.6 is 0 Å². The molecule has 1 aliphatic heterocycles. The minimum absolute atomic E-state index is 0.0307. The van der Waals surface area contributed by atoms with Crippen LogP contribution in [0.3, 0.4) is 0 Å². The van der Waals surface area contributed by atoms with Crippen LogP contribution in [0, 0.1) is 23.1 Å².